The van der Waals surface area contributed by atoms with Crippen LogP contribution in [0.1, 0.15) is 64.8 Å². The molecule has 14 nitrogen and oxygen atoms in total. The number of anilines is 1. The zero-order chi connectivity index (χ0) is 42.4. The van der Waals surface area contributed by atoms with Crippen molar-refractivity contribution >= 4 is 51.1 Å². The van der Waals surface area contributed by atoms with Crippen molar-refractivity contribution in [3.63, 3.8) is 0 Å². The van der Waals surface area contributed by atoms with Gasteiger partial charge in [0.25, 0.3) is 11.8 Å². The van der Waals surface area contributed by atoms with Crippen molar-refractivity contribution in [2.24, 2.45) is 7.05 Å². The van der Waals surface area contributed by atoms with Crippen molar-refractivity contribution in [3.8, 4) is 17.0 Å². The molecule has 61 heavy (non-hydrogen) atoms. The summed E-state index contributed by atoms with van der Waals surface area (Å²) in [5.74, 6) is -2.56. The number of benzene rings is 2. The first kappa shape index (κ1) is 40.5. The number of imide groups is 2. The van der Waals surface area contributed by atoms with Gasteiger partial charge in [0.05, 0.1) is 28.9 Å². The Labute approximate surface area is 347 Å². The third kappa shape index (κ3) is 8.04. The first-order valence-corrected chi connectivity index (χ1v) is 20.4. The van der Waals surface area contributed by atoms with Gasteiger partial charge in [-0.15, -0.1) is 0 Å². The maximum absolute atomic E-state index is 14.2. The van der Waals surface area contributed by atoms with Gasteiger partial charge in [-0.05, 0) is 61.2 Å². The van der Waals surface area contributed by atoms with Crippen LogP contribution in [0.4, 0.5) is 18.9 Å². The van der Waals surface area contributed by atoms with Crippen molar-refractivity contribution in [2.75, 3.05) is 44.4 Å². The summed E-state index contributed by atoms with van der Waals surface area (Å²) < 4.78 is 68.0. The number of alkyl halides is 3. The van der Waals surface area contributed by atoms with Crippen molar-refractivity contribution in [3.05, 3.63) is 83.8 Å². The lowest BCUT2D eigenvalue weighted by atomic mass is 9.92. The number of hydrogen-bond acceptors (Lipinski definition) is 11. The number of pyridine rings is 2. The van der Waals surface area contributed by atoms with Crippen molar-refractivity contribution < 1.29 is 51.3 Å². The molecule has 3 aliphatic heterocycles. The zero-order valence-electron chi connectivity index (χ0n) is 33.3. The van der Waals surface area contributed by atoms with Crippen LogP contribution in [-0.2, 0) is 37.0 Å². The number of rotatable bonds is 15. The molecule has 318 valence electrons. The maximum Gasteiger partial charge on any atom is 0.421 e. The quantitative estimate of drug-likeness (QED) is 0.100. The lowest BCUT2D eigenvalue weighted by Gasteiger charge is -2.40. The van der Waals surface area contributed by atoms with Gasteiger partial charge in [0.2, 0.25) is 17.7 Å². The first-order valence-electron chi connectivity index (χ1n) is 20.4. The monoisotopic (exact) mass is 840 g/mol. The summed E-state index contributed by atoms with van der Waals surface area (Å²) in [4.78, 5) is 61.3. The van der Waals surface area contributed by atoms with Gasteiger partial charge in [-0.1, -0.05) is 12.1 Å². The number of nitrogens with one attached hydrogen (secondary N) is 1. The Morgan fingerprint density at radius 1 is 0.787 bits per heavy atom. The van der Waals surface area contributed by atoms with E-state index >= 15 is 0 Å². The SMILES string of the molecule is Cn1c2ccncc2c2ccc(-c3cnc(O[C@H]4C[C@H](OCCCOCCCOC5CN(c6ccc7c(c6)C(=O)N(C6CCC(=O)NC6=O)C7=O)C5)C4)c(C(F)(F)F)c3)cc21. The van der Waals surface area contributed by atoms with Crippen molar-refractivity contribution in [1.82, 2.24) is 24.8 Å². The molecular weight excluding hydrogens is 798 g/mol. The Bertz CT molecular complexity index is 2530. The molecule has 2 saturated heterocycles. The minimum absolute atomic E-state index is 0.0135. The highest BCUT2D eigenvalue weighted by Crippen LogP contribution is 2.40. The summed E-state index contributed by atoms with van der Waals surface area (Å²) in [7, 11) is 1.92. The highest BCUT2D eigenvalue weighted by atomic mass is 19.4. The normalized spacial score (nSPS) is 20.6. The fourth-order valence-electron chi connectivity index (χ4n) is 8.38. The molecular formula is C44H43F3N6O8. The predicted octanol–water partition coefficient (Wildman–Crippen LogP) is 5.84. The number of hydrogen-bond donors (Lipinski definition) is 1. The number of fused-ring (bicyclic) bond motifs is 4. The summed E-state index contributed by atoms with van der Waals surface area (Å²) in [6.45, 7) is 3.24. The first-order chi connectivity index (χ1) is 29.4. The Balaban J connectivity index is 0.651. The number of aromatic nitrogens is 3. The number of carbonyl (C=O) groups is 4. The van der Waals surface area contributed by atoms with Gasteiger partial charge in [0.15, 0.2) is 0 Å². The molecule has 6 heterocycles. The molecule has 17 heteroatoms. The van der Waals surface area contributed by atoms with Gasteiger partial charge in [-0.2, -0.15) is 13.2 Å². The lowest BCUT2D eigenvalue weighted by molar-refractivity contribution is -0.141. The molecule has 2 aromatic carbocycles. The van der Waals surface area contributed by atoms with Crippen LogP contribution >= 0.6 is 0 Å². The topological polar surface area (TPSA) is 154 Å². The molecule has 0 radical (unpaired) electrons. The van der Waals surface area contributed by atoms with E-state index in [0.29, 0.717) is 76.3 Å². The van der Waals surface area contributed by atoms with Crippen LogP contribution < -0.4 is 15.0 Å². The second-order valence-corrected chi connectivity index (χ2v) is 15.9. The fourth-order valence-corrected chi connectivity index (χ4v) is 8.38. The van der Waals surface area contributed by atoms with Crippen LogP contribution in [-0.4, -0.2) is 107 Å². The Kier molecular flexibility index (Phi) is 11.0. The summed E-state index contributed by atoms with van der Waals surface area (Å²) in [5.41, 5.74) is 3.18. The number of amides is 4. The summed E-state index contributed by atoms with van der Waals surface area (Å²) >= 11 is 0. The number of nitrogens with zero attached hydrogens (tertiary/aromatic N) is 5. The number of carbonyl (C=O) groups excluding carboxylic acids is 4. The number of halogens is 3. The van der Waals surface area contributed by atoms with Crippen LogP contribution in [0.15, 0.2) is 67.1 Å². The summed E-state index contributed by atoms with van der Waals surface area (Å²) in [6, 6.07) is 12.6. The standard InChI is InChI=1S/C44H43F3N6O8/c1-51-36-10-11-48-22-34(36)31-6-4-25(17-38(31)51)26-16-35(44(45,46)47)41(49-21-26)61-29-19-28(20-29)59-14-2-12-58-13-3-15-60-30-23-52(24-30)27-5-7-32-33(18-27)43(57)53(42(32)56)37-8-9-39(54)50-40(37)55/h4-7,10-11,16-18,21-22,28-30,37H,2-3,8-9,12-15,19-20,23-24H2,1H3,(H,50,54,55)/t28-,29-,37?. The van der Waals surface area contributed by atoms with Gasteiger partial charge in [-0.3, -0.25) is 34.4 Å². The van der Waals surface area contributed by atoms with E-state index in [1.54, 1.807) is 36.7 Å². The molecule has 0 spiro atoms. The lowest BCUT2D eigenvalue weighted by Crippen LogP contribution is -2.54. The van der Waals surface area contributed by atoms with Crippen LogP contribution in [0, 0.1) is 0 Å². The van der Waals surface area contributed by atoms with Crippen molar-refractivity contribution in [1.29, 1.82) is 0 Å². The highest BCUT2D eigenvalue weighted by molar-refractivity contribution is 6.23. The second-order valence-electron chi connectivity index (χ2n) is 15.9. The molecule has 4 amide bonds. The molecule has 9 rings (SSSR count). The second kappa shape index (κ2) is 16.5. The molecule has 1 saturated carbocycles. The Morgan fingerprint density at radius 3 is 2.30 bits per heavy atom. The van der Waals surface area contributed by atoms with E-state index in [0.717, 1.165) is 38.5 Å². The van der Waals surface area contributed by atoms with Crippen molar-refractivity contribution in [2.45, 2.75) is 69.1 Å². The van der Waals surface area contributed by atoms with Gasteiger partial charge < -0.3 is 28.4 Å². The molecule has 1 N–H and O–H groups in total. The summed E-state index contributed by atoms with van der Waals surface area (Å²) in [5, 5.41) is 4.14. The number of aryl methyl sites for hydroxylation is 1. The Hall–Kier alpha value is -5.91. The Morgan fingerprint density at radius 2 is 1.54 bits per heavy atom. The molecule has 1 unspecified atom stereocenters. The van der Waals surface area contributed by atoms with Crippen LogP contribution in [0.5, 0.6) is 5.88 Å². The average Bonchev–Trinajstić information content (AvgIpc) is 3.64. The molecule has 1 atom stereocenters. The van der Waals surface area contributed by atoms with E-state index in [1.165, 1.54) is 6.20 Å². The zero-order valence-corrected chi connectivity index (χ0v) is 33.3. The average molecular weight is 841 g/mol. The van der Waals surface area contributed by atoms with Gasteiger partial charge in [0, 0.05) is 112 Å². The third-order valence-corrected chi connectivity index (χ3v) is 11.8. The molecule has 4 aliphatic rings. The fraction of sp³-hybridized carbons (Fsp3) is 0.409. The van der Waals surface area contributed by atoms with E-state index in [2.05, 4.69) is 15.3 Å². The largest absolute Gasteiger partial charge is 0.474 e. The molecule has 1 aliphatic carbocycles. The van der Waals surface area contributed by atoms with E-state index in [9.17, 15) is 32.3 Å². The maximum atomic E-state index is 14.2. The van der Waals surface area contributed by atoms with E-state index < -0.39 is 53.4 Å². The van der Waals surface area contributed by atoms with Crippen LogP contribution in [0.3, 0.4) is 0 Å². The number of ether oxygens (including phenoxy) is 4. The third-order valence-electron chi connectivity index (χ3n) is 11.8. The smallest absolute Gasteiger partial charge is 0.421 e. The predicted molar refractivity (Wildman–Crippen MR) is 215 cm³/mol. The van der Waals surface area contributed by atoms with Crippen LogP contribution in [0.25, 0.3) is 32.9 Å². The minimum atomic E-state index is -4.65. The van der Waals surface area contributed by atoms with E-state index in [1.807, 2.05) is 34.7 Å². The minimum Gasteiger partial charge on any atom is -0.474 e. The number of piperidine rings is 1. The molecule has 5 aromatic rings. The highest BCUT2D eigenvalue weighted by Gasteiger charge is 2.45. The van der Waals surface area contributed by atoms with Gasteiger partial charge in [0.1, 0.15) is 17.7 Å². The van der Waals surface area contributed by atoms with E-state index in [-0.39, 0.29) is 36.2 Å². The molecule has 0 bridgehead atoms. The molecule has 3 fully saturated rings. The van der Waals surface area contributed by atoms with E-state index in [4.69, 9.17) is 18.9 Å². The molecule has 3 aromatic heterocycles. The summed E-state index contributed by atoms with van der Waals surface area (Å²) in [6.07, 6.45) is 2.23. The van der Waals surface area contributed by atoms with Crippen LogP contribution in [0.2, 0.25) is 0 Å². The van der Waals surface area contributed by atoms with Gasteiger partial charge in [-0.25, -0.2) is 4.98 Å². The van der Waals surface area contributed by atoms with Gasteiger partial charge >= 0.3 is 6.18 Å².